The van der Waals surface area contributed by atoms with E-state index in [1.54, 1.807) is 36.4 Å². The molecule has 0 aliphatic rings. The van der Waals surface area contributed by atoms with Crippen LogP contribution in [0, 0.1) is 26.2 Å². The maximum absolute atomic E-state index is 12.5. The zero-order chi connectivity index (χ0) is 23.8. The van der Waals surface area contributed by atoms with Crippen molar-refractivity contribution in [1.82, 2.24) is 0 Å². The van der Waals surface area contributed by atoms with Crippen molar-refractivity contribution in [3.05, 3.63) is 98.1 Å². The number of nitrogens with one attached hydrogen (secondary N) is 1. The van der Waals surface area contributed by atoms with E-state index in [-0.39, 0.29) is 23.4 Å². The highest BCUT2D eigenvalue weighted by molar-refractivity contribution is 14.1. The highest BCUT2D eigenvalue weighted by Gasteiger charge is 2.12. The van der Waals surface area contributed by atoms with Crippen LogP contribution in [0.4, 0.5) is 5.69 Å². The number of nitrogens with zero attached hydrogens (tertiary/aromatic N) is 2. The summed E-state index contributed by atoms with van der Waals surface area (Å²) in [6, 6.07) is 22.2. The third-order valence-corrected chi connectivity index (χ3v) is 5.36. The average Bonchev–Trinajstić information content (AvgIpc) is 2.82. The topological polar surface area (TPSA) is 123 Å². The van der Waals surface area contributed by atoms with E-state index in [1.807, 2.05) is 18.2 Å². The first-order chi connectivity index (χ1) is 15.9. The Morgan fingerprint density at radius 1 is 1.06 bits per heavy atom. The summed E-state index contributed by atoms with van der Waals surface area (Å²) in [5.41, 5.74) is 2.11. The Bertz CT molecular complexity index is 1340. The minimum Gasteiger partial charge on any atom is -0.488 e. The summed E-state index contributed by atoms with van der Waals surface area (Å²) in [6.45, 7) is 0.232. The molecule has 0 heterocycles. The maximum Gasteiger partial charge on any atom is 0.335 e. The standard InChI is InChI=1S/C25H16IN3O4/c26-22-11-16(8-9-23(22)33-15-19-5-2-1-4-18(19)13-27)10-20(14-28)24(30)29-21-7-3-6-17(12-21)25(31)32/h1-12H,15H2,(H,29,30)(H,31,32)/b20-10-. The number of carboxylic acid groups (broad SMARTS) is 1. The summed E-state index contributed by atoms with van der Waals surface area (Å²) in [4.78, 5) is 23.6. The van der Waals surface area contributed by atoms with Crippen LogP contribution in [-0.4, -0.2) is 17.0 Å². The number of carbonyl (C=O) groups is 2. The van der Waals surface area contributed by atoms with Gasteiger partial charge in [-0.1, -0.05) is 30.3 Å². The number of amides is 1. The molecule has 2 N–H and O–H groups in total. The van der Waals surface area contributed by atoms with E-state index in [9.17, 15) is 20.1 Å². The molecule has 0 saturated carbocycles. The molecule has 0 radical (unpaired) electrons. The molecule has 3 aromatic carbocycles. The summed E-state index contributed by atoms with van der Waals surface area (Å²) in [6.07, 6.45) is 1.44. The van der Waals surface area contributed by atoms with Crippen molar-refractivity contribution < 1.29 is 19.4 Å². The van der Waals surface area contributed by atoms with E-state index < -0.39 is 11.9 Å². The number of rotatable bonds is 7. The molecule has 0 aliphatic carbocycles. The van der Waals surface area contributed by atoms with Crippen LogP contribution in [0.3, 0.4) is 0 Å². The van der Waals surface area contributed by atoms with Crippen LogP contribution < -0.4 is 10.1 Å². The molecule has 3 aromatic rings. The third kappa shape index (κ3) is 6.19. The SMILES string of the molecule is N#C/C(=C/c1ccc(OCc2ccccc2C#N)c(I)c1)C(=O)Nc1cccc(C(=O)O)c1. The molecule has 0 aromatic heterocycles. The van der Waals surface area contributed by atoms with Crippen LogP contribution in [0.15, 0.2) is 72.3 Å². The molecular formula is C25H16IN3O4. The quantitative estimate of drug-likeness (QED) is 0.243. The lowest BCUT2D eigenvalue weighted by Crippen LogP contribution is -2.14. The van der Waals surface area contributed by atoms with Crippen LogP contribution in [-0.2, 0) is 11.4 Å². The molecule has 0 fully saturated rings. The number of halogens is 1. The van der Waals surface area contributed by atoms with Gasteiger partial charge in [0.2, 0.25) is 0 Å². The second kappa shape index (κ2) is 10.9. The Morgan fingerprint density at radius 2 is 1.85 bits per heavy atom. The predicted molar refractivity (Wildman–Crippen MR) is 130 cm³/mol. The Labute approximate surface area is 203 Å². The number of ether oxygens (including phenoxy) is 1. The van der Waals surface area contributed by atoms with E-state index in [2.05, 4.69) is 34.0 Å². The van der Waals surface area contributed by atoms with Gasteiger partial charge in [0.25, 0.3) is 5.91 Å². The van der Waals surface area contributed by atoms with E-state index >= 15 is 0 Å². The summed E-state index contributed by atoms with van der Waals surface area (Å²) in [5.74, 6) is -1.16. The fraction of sp³-hybridized carbons (Fsp3) is 0.0400. The molecule has 3 rings (SSSR count). The van der Waals surface area contributed by atoms with Gasteiger partial charge in [-0.15, -0.1) is 0 Å². The van der Waals surface area contributed by atoms with E-state index in [0.29, 0.717) is 16.9 Å². The van der Waals surface area contributed by atoms with Gasteiger partial charge in [-0.25, -0.2) is 4.79 Å². The van der Waals surface area contributed by atoms with Gasteiger partial charge in [0.05, 0.1) is 20.8 Å². The maximum atomic E-state index is 12.5. The summed E-state index contributed by atoms with van der Waals surface area (Å²) in [5, 5.41) is 30.2. The van der Waals surface area contributed by atoms with Gasteiger partial charge < -0.3 is 15.2 Å². The number of carboxylic acids is 1. The Kier molecular flexibility index (Phi) is 7.79. The molecule has 0 bridgehead atoms. The first kappa shape index (κ1) is 23.5. The minimum atomic E-state index is -1.12. The van der Waals surface area contributed by atoms with Crippen molar-refractivity contribution in [2.45, 2.75) is 6.61 Å². The van der Waals surface area contributed by atoms with Crippen molar-refractivity contribution in [2.75, 3.05) is 5.32 Å². The van der Waals surface area contributed by atoms with Crippen molar-refractivity contribution in [1.29, 1.82) is 10.5 Å². The first-order valence-corrected chi connectivity index (χ1v) is 10.7. The fourth-order valence-corrected chi connectivity index (χ4v) is 3.57. The first-order valence-electron chi connectivity index (χ1n) is 9.58. The van der Waals surface area contributed by atoms with Crippen LogP contribution >= 0.6 is 22.6 Å². The van der Waals surface area contributed by atoms with Gasteiger partial charge in [0.1, 0.15) is 24.0 Å². The van der Waals surface area contributed by atoms with Crippen molar-refractivity contribution in [2.24, 2.45) is 0 Å². The van der Waals surface area contributed by atoms with Crippen LogP contribution in [0.2, 0.25) is 0 Å². The summed E-state index contributed by atoms with van der Waals surface area (Å²) >= 11 is 2.09. The van der Waals surface area contributed by atoms with E-state index in [4.69, 9.17) is 9.84 Å². The zero-order valence-electron chi connectivity index (χ0n) is 17.1. The molecule has 0 unspecified atom stereocenters. The van der Waals surface area contributed by atoms with E-state index in [1.165, 1.54) is 24.3 Å². The van der Waals surface area contributed by atoms with Gasteiger partial charge >= 0.3 is 5.97 Å². The molecule has 7 nitrogen and oxygen atoms in total. The number of nitriles is 2. The van der Waals surface area contributed by atoms with Gasteiger partial charge in [-0.3, -0.25) is 4.79 Å². The van der Waals surface area contributed by atoms with Gasteiger partial charge in [-0.2, -0.15) is 10.5 Å². The van der Waals surface area contributed by atoms with Crippen molar-refractivity contribution in [3.8, 4) is 17.9 Å². The number of aromatic carboxylic acids is 1. The highest BCUT2D eigenvalue weighted by Crippen LogP contribution is 2.25. The van der Waals surface area contributed by atoms with E-state index in [0.717, 1.165) is 9.13 Å². The highest BCUT2D eigenvalue weighted by atomic mass is 127. The molecule has 8 heteroatoms. The smallest absolute Gasteiger partial charge is 0.335 e. The zero-order valence-corrected chi connectivity index (χ0v) is 19.2. The second-order valence-electron chi connectivity index (χ2n) is 6.76. The predicted octanol–water partition coefficient (Wildman–Crippen LogP) is 4.99. The molecular weight excluding hydrogens is 533 g/mol. The number of anilines is 1. The molecule has 0 saturated heterocycles. The molecule has 162 valence electrons. The molecule has 33 heavy (non-hydrogen) atoms. The lowest BCUT2D eigenvalue weighted by Gasteiger charge is -2.10. The molecule has 0 spiro atoms. The Balaban J connectivity index is 1.73. The third-order valence-electron chi connectivity index (χ3n) is 4.52. The monoisotopic (exact) mass is 549 g/mol. The Morgan fingerprint density at radius 3 is 2.55 bits per heavy atom. The molecule has 0 aliphatic heterocycles. The number of hydrogen-bond donors (Lipinski definition) is 2. The normalized spacial score (nSPS) is 10.6. The van der Waals surface area contributed by atoms with Crippen molar-refractivity contribution in [3.63, 3.8) is 0 Å². The van der Waals surface area contributed by atoms with Crippen LogP contribution in [0.1, 0.15) is 27.0 Å². The molecule has 1 amide bonds. The van der Waals surface area contributed by atoms with Gasteiger partial charge in [0, 0.05) is 11.3 Å². The number of hydrogen-bond acceptors (Lipinski definition) is 5. The molecule has 0 atom stereocenters. The number of carbonyl (C=O) groups excluding carboxylic acids is 1. The average molecular weight is 549 g/mol. The van der Waals surface area contributed by atoms with Crippen molar-refractivity contribution >= 4 is 46.2 Å². The second-order valence-corrected chi connectivity index (χ2v) is 7.92. The largest absolute Gasteiger partial charge is 0.488 e. The van der Waals surface area contributed by atoms with Gasteiger partial charge in [0.15, 0.2) is 0 Å². The van der Waals surface area contributed by atoms with Crippen LogP contribution in [0.5, 0.6) is 5.75 Å². The Hall–Kier alpha value is -4.15. The lowest BCUT2D eigenvalue weighted by atomic mass is 10.1. The summed E-state index contributed by atoms with van der Waals surface area (Å²) in [7, 11) is 0. The van der Waals surface area contributed by atoms with Gasteiger partial charge in [-0.05, 0) is 70.6 Å². The number of benzene rings is 3. The fourth-order valence-electron chi connectivity index (χ4n) is 2.88. The summed E-state index contributed by atoms with van der Waals surface area (Å²) < 4.78 is 6.60. The minimum absolute atomic E-state index is 0.0258. The van der Waals surface area contributed by atoms with Crippen LogP contribution in [0.25, 0.3) is 6.08 Å². The lowest BCUT2D eigenvalue weighted by molar-refractivity contribution is -0.112.